The maximum atomic E-state index is 12.3. The number of aryl methyl sites for hydroxylation is 1. The number of para-hydroxylation sites is 2. The molecule has 0 spiro atoms. The SMILES string of the molecule is Cc1ccc(NC(=O)CC2Oc3ccccc3N(C)C2=O)cc1. The molecular weight excluding hydrogens is 292 g/mol. The zero-order valence-corrected chi connectivity index (χ0v) is 13.1. The fraction of sp³-hybridized carbons (Fsp3) is 0.222. The molecule has 0 saturated carbocycles. The largest absolute Gasteiger partial charge is 0.478 e. The molecule has 2 amide bonds. The second-order valence-corrected chi connectivity index (χ2v) is 5.59. The Hall–Kier alpha value is -2.82. The van der Waals surface area contributed by atoms with Gasteiger partial charge in [0.1, 0.15) is 5.75 Å². The lowest BCUT2D eigenvalue weighted by Gasteiger charge is -2.31. The molecule has 2 aromatic rings. The summed E-state index contributed by atoms with van der Waals surface area (Å²) in [5.74, 6) is 0.144. The van der Waals surface area contributed by atoms with Crippen molar-refractivity contribution in [2.75, 3.05) is 17.3 Å². The number of fused-ring (bicyclic) bond motifs is 1. The van der Waals surface area contributed by atoms with Crippen LogP contribution in [0.2, 0.25) is 0 Å². The summed E-state index contributed by atoms with van der Waals surface area (Å²) >= 11 is 0. The fourth-order valence-corrected chi connectivity index (χ4v) is 2.52. The lowest BCUT2D eigenvalue weighted by atomic mass is 10.1. The molecule has 1 aliphatic rings. The Morgan fingerprint density at radius 2 is 1.87 bits per heavy atom. The van der Waals surface area contributed by atoms with E-state index in [1.165, 1.54) is 4.90 Å². The van der Waals surface area contributed by atoms with Crippen molar-refractivity contribution in [3.05, 3.63) is 54.1 Å². The third kappa shape index (κ3) is 3.18. The maximum absolute atomic E-state index is 12.3. The Morgan fingerprint density at radius 3 is 2.61 bits per heavy atom. The Kier molecular flexibility index (Phi) is 4.02. The average Bonchev–Trinajstić information content (AvgIpc) is 2.54. The van der Waals surface area contributed by atoms with E-state index in [-0.39, 0.29) is 18.2 Å². The van der Waals surface area contributed by atoms with E-state index in [4.69, 9.17) is 4.74 Å². The van der Waals surface area contributed by atoms with Gasteiger partial charge in [-0.3, -0.25) is 9.59 Å². The molecule has 1 N–H and O–H groups in total. The van der Waals surface area contributed by atoms with Gasteiger partial charge in [-0.2, -0.15) is 0 Å². The van der Waals surface area contributed by atoms with Gasteiger partial charge in [-0.05, 0) is 31.2 Å². The molecule has 3 rings (SSSR count). The molecule has 0 radical (unpaired) electrons. The van der Waals surface area contributed by atoms with Crippen molar-refractivity contribution >= 4 is 23.2 Å². The minimum atomic E-state index is -0.805. The number of rotatable bonds is 3. The molecule has 1 heterocycles. The van der Waals surface area contributed by atoms with Crippen LogP contribution in [0, 0.1) is 6.92 Å². The van der Waals surface area contributed by atoms with Gasteiger partial charge in [0, 0.05) is 12.7 Å². The second-order valence-electron chi connectivity index (χ2n) is 5.59. The number of nitrogens with zero attached hydrogens (tertiary/aromatic N) is 1. The second kappa shape index (κ2) is 6.12. The van der Waals surface area contributed by atoms with Crippen LogP contribution in [0.15, 0.2) is 48.5 Å². The third-order valence-corrected chi connectivity index (χ3v) is 3.81. The van der Waals surface area contributed by atoms with Gasteiger partial charge in [0.2, 0.25) is 5.91 Å². The molecule has 5 heteroatoms. The Balaban J connectivity index is 1.69. The van der Waals surface area contributed by atoms with Gasteiger partial charge in [-0.1, -0.05) is 29.8 Å². The van der Waals surface area contributed by atoms with Crippen molar-refractivity contribution in [2.45, 2.75) is 19.4 Å². The summed E-state index contributed by atoms with van der Waals surface area (Å²) in [4.78, 5) is 26.0. The van der Waals surface area contributed by atoms with Crippen molar-refractivity contribution in [2.24, 2.45) is 0 Å². The normalized spacial score (nSPS) is 16.5. The summed E-state index contributed by atoms with van der Waals surface area (Å²) in [6.07, 6.45) is -0.828. The summed E-state index contributed by atoms with van der Waals surface area (Å²) in [5.41, 5.74) is 2.54. The van der Waals surface area contributed by atoms with Crippen LogP contribution in [-0.2, 0) is 9.59 Å². The first-order valence-electron chi connectivity index (χ1n) is 7.44. The number of benzene rings is 2. The number of ether oxygens (including phenoxy) is 1. The first-order valence-corrected chi connectivity index (χ1v) is 7.44. The van der Waals surface area contributed by atoms with E-state index in [0.29, 0.717) is 17.1 Å². The van der Waals surface area contributed by atoms with Crippen LogP contribution in [0.4, 0.5) is 11.4 Å². The zero-order valence-electron chi connectivity index (χ0n) is 13.1. The van der Waals surface area contributed by atoms with Crippen molar-refractivity contribution < 1.29 is 14.3 Å². The van der Waals surface area contributed by atoms with E-state index in [1.807, 2.05) is 49.4 Å². The highest BCUT2D eigenvalue weighted by Crippen LogP contribution is 2.33. The summed E-state index contributed by atoms with van der Waals surface area (Å²) in [5, 5.41) is 2.79. The van der Waals surface area contributed by atoms with Gasteiger partial charge < -0.3 is 15.0 Å². The van der Waals surface area contributed by atoms with Crippen molar-refractivity contribution in [3.63, 3.8) is 0 Å². The summed E-state index contributed by atoms with van der Waals surface area (Å²) in [6, 6.07) is 14.8. The molecule has 1 aliphatic heterocycles. The number of anilines is 2. The number of nitrogens with one attached hydrogen (secondary N) is 1. The number of amides is 2. The number of carbonyl (C=O) groups excluding carboxylic acids is 2. The van der Waals surface area contributed by atoms with E-state index in [0.717, 1.165) is 5.56 Å². The van der Waals surface area contributed by atoms with Gasteiger partial charge in [-0.15, -0.1) is 0 Å². The van der Waals surface area contributed by atoms with Crippen LogP contribution in [0.3, 0.4) is 0 Å². The lowest BCUT2D eigenvalue weighted by molar-refractivity contribution is -0.130. The summed E-state index contributed by atoms with van der Waals surface area (Å²) in [7, 11) is 1.69. The van der Waals surface area contributed by atoms with Gasteiger partial charge in [0.05, 0.1) is 12.1 Å². The van der Waals surface area contributed by atoms with Gasteiger partial charge in [-0.25, -0.2) is 0 Å². The smallest absolute Gasteiger partial charge is 0.268 e. The maximum Gasteiger partial charge on any atom is 0.268 e. The molecule has 2 aromatic carbocycles. The lowest BCUT2D eigenvalue weighted by Crippen LogP contribution is -2.45. The Bertz CT molecular complexity index is 740. The Labute approximate surface area is 134 Å². The molecule has 0 fully saturated rings. The van der Waals surface area contributed by atoms with Crippen LogP contribution in [0.1, 0.15) is 12.0 Å². The highest BCUT2D eigenvalue weighted by atomic mass is 16.5. The minimum Gasteiger partial charge on any atom is -0.478 e. The van der Waals surface area contributed by atoms with Gasteiger partial charge in [0.25, 0.3) is 5.91 Å². The first-order chi connectivity index (χ1) is 11.0. The van der Waals surface area contributed by atoms with Crippen molar-refractivity contribution in [3.8, 4) is 5.75 Å². The highest BCUT2D eigenvalue weighted by Gasteiger charge is 2.33. The topological polar surface area (TPSA) is 58.6 Å². The molecular formula is C18H18N2O3. The number of carbonyl (C=O) groups is 2. The van der Waals surface area contributed by atoms with E-state index < -0.39 is 6.10 Å². The quantitative estimate of drug-likeness (QED) is 0.948. The van der Waals surface area contributed by atoms with Crippen LogP contribution < -0.4 is 15.0 Å². The predicted octanol–water partition coefficient (Wildman–Crippen LogP) is 2.75. The molecule has 1 unspecified atom stereocenters. The Morgan fingerprint density at radius 1 is 1.17 bits per heavy atom. The number of likely N-dealkylation sites (N-methyl/N-ethyl adjacent to an activating group) is 1. The zero-order chi connectivity index (χ0) is 16.4. The predicted molar refractivity (Wildman–Crippen MR) is 88.7 cm³/mol. The minimum absolute atomic E-state index is 0.0224. The first kappa shape index (κ1) is 15.1. The molecule has 1 atom stereocenters. The number of hydrogen-bond donors (Lipinski definition) is 1. The van der Waals surface area contributed by atoms with Gasteiger partial charge in [0.15, 0.2) is 6.10 Å². The summed E-state index contributed by atoms with van der Waals surface area (Å²) < 4.78 is 5.69. The molecule has 0 aromatic heterocycles. The molecule has 5 nitrogen and oxygen atoms in total. The molecule has 0 aliphatic carbocycles. The van der Waals surface area contributed by atoms with Gasteiger partial charge >= 0.3 is 0 Å². The molecule has 23 heavy (non-hydrogen) atoms. The van der Waals surface area contributed by atoms with Crippen molar-refractivity contribution in [1.82, 2.24) is 0 Å². The van der Waals surface area contributed by atoms with E-state index in [1.54, 1.807) is 13.1 Å². The van der Waals surface area contributed by atoms with Crippen LogP contribution in [-0.4, -0.2) is 25.0 Å². The fourth-order valence-electron chi connectivity index (χ4n) is 2.52. The van der Waals surface area contributed by atoms with Crippen LogP contribution in [0.5, 0.6) is 5.75 Å². The van der Waals surface area contributed by atoms with E-state index >= 15 is 0 Å². The summed E-state index contributed by atoms with van der Waals surface area (Å²) in [6.45, 7) is 1.98. The van der Waals surface area contributed by atoms with E-state index in [2.05, 4.69) is 5.32 Å². The monoisotopic (exact) mass is 310 g/mol. The molecule has 118 valence electrons. The number of hydrogen-bond acceptors (Lipinski definition) is 3. The molecule has 0 saturated heterocycles. The van der Waals surface area contributed by atoms with Crippen LogP contribution >= 0.6 is 0 Å². The molecule has 0 bridgehead atoms. The van der Waals surface area contributed by atoms with E-state index in [9.17, 15) is 9.59 Å². The standard InChI is InChI=1S/C18H18N2O3/c1-12-7-9-13(10-8-12)19-17(21)11-16-18(22)20(2)14-5-3-4-6-15(14)23-16/h3-10,16H,11H2,1-2H3,(H,19,21). The van der Waals surface area contributed by atoms with Crippen molar-refractivity contribution in [1.29, 1.82) is 0 Å². The van der Waals surface area contributed by atoms with Crippen LogP contribution in [0.25, 0.3) is 0 Å². The average molecular weight is 310 g/mol. The highest BCUT2D eigenvalue weighted by molar-refractivity contribution is 6.03. The third-order valence-electron chi connectivity index (χ3n) is 3.81.